The lowest BCUT2D eigenvalue weighted by molar-refractivity contribution is 0.189. The van der Waals surface area contributed by atoms with Gasteiger partial charge in [-0.1, -0.05) is 17.7 Å². The number of hydrogen-bond acceptors (Lipinski definition) is 2. The van der Waals surface area contributed by atoms with Crippen LogP contribution in [-0.4, -0.2) is 5.11 Å². The van der Waals surface area contributed by atoms with Gasteiger partial charge in [0, 0.05) is 5.56 Å². The molecule has 0 radical (unpaired) electrons. The van der Waals surface area contributed by atoms with E-state index in [-0.39, 0.29) is 11.6 Å². The van der Waals surface area contributed by atoms with Crippen molar-refractivity contribution in [2.45, 2.75) is 19.6 Å². The van der Waals surface area contributed by atoms with Crippen LogP contribution in [-0.2, 0) is 6.61 Å². The topological polar surface area (TPSA) is 29.5 Å². The minimum absolute atomic E-state index is 0.0419. The number of aliphatic hydroxyl groups excluding tert-OH is 1. The van der Waals surface area contributed by atoms with Crippen molar-refractivity contribution in [1.82, 2.24) is 0 Å². The number of benzene rings is 2. The number of halogens is 3. The van der Waals surface area contributed by atoms with Crippen molar-refractivity contribution in [1.29, 1.82) is 0 Å². The summed E-state index contributed by atoms with van der Waals surface area (Å²) in [6.45, 7) is 1.61. The van der Waals surface area contributed by atoms with Crippen molar-refractivity contribution in [2.75, 3.05) is 0 Å². The molecule has 5 heteroatoms. The highest BCUT2D eigenvalue weighted by Crippen LogP contribution is 2.27. The summed E-state index contributed by atoms with van der Waals surface area (Å²) in [5.41, 5.74) is 0.937. The molecule has 0 aliphatic rings. The van der Waals surface area contributed by atoms with Gasteiger partial charge in [0.25, 0.3) is 0 Å². The first-order chi connectivity index (χ1) is 9.47. The maximum Gasteiger partial charge on any atom is 0.142 e. The van der Waals surface area contributed by atoms with Gasteiger partial charge < -0.3 is 9.84 Å². The van der Waals surface area contributed by atoms with Crippen LogP contribution in [0.15, 0.2) is 36.4 Å². The first kappa shape index (κ1) is 14.8. The van der Waals surface area contributed by atoms with Gasteiger partial charge in [-0.3, -0.25) is 0 Å². The van der Waals surface area contributed by atoms with Crippen LogP contribution in [0.4, 0.5) is 8.78 Å². The predicted octanol–water partition coefficient (Wildman–Crippen LogP) is 4.25. The van der Waals surface area contributed by atoms with E-state index in [0.29, 0.717) is 16.9 Å². The predicted molar refractivity (Wildman–Crippen MR) is 72.8 cm³/mol. The minimum Gasteiger partial charge on any atom is -0.489 e. The molecule has 2 aromatic carbocycles. The summed E-state index contributed by atoms with van der Waals surface area (Å²) in [4.78, 5) is 0. The molecular formula is C15H13ClF2O2. The van der Waals surface area contributed by atoms with Crippen LogP contribution in [0.5, 0.6) is 5.75 Å². The van der Waals surface area contributed by atoms with Gasteiger partial charge in [-0.2, -0.15) is 0 Å². The average Bonchev–Trinajstić information content (AvgIpc) is 2.41. The maximum atomic E-state index is 13.3. The SMILES string of the molecule is C[C@H](O)c1cc(F)ccc1OCc1ccc(Cl)c(F)c1. The van der Waals surface area contributed by atoms with Gasteiger partial charge in [0.05, 0.1) is 11.1 Å². The zero-order valence-electron chi connectivity index (χ0n) is 10.7. The Kier molecular flexibility index (Phi) is 4.57. The standard InChI is InChI=1S/C15H13ClF2O2/c1-9(19)12-7-11(17)3-5-15(12)20-8-10-2-4-13(16)14(18)6-10/h2-7,9,19H,8H2,1H3/t9-/m0/s1. The van der Waals surface area contributed by atoms with Gasteiger partial charge in [-0.15, -0.1) is 0 Å². The lowest BCUT2D eigenvalue weighted by Gasteiger charge is -2.13. The lowest BCUT2D eigenvalue weighted by atomic mass is 10.1. The van der Waals surface area contributed by atoms with Crippen LogP contribution in [0.25, 0.3) is 0 Å². The molecule has 106 valence electrons. The molecule has 0 fully saturated rings. The van der Waals surface area contributed by atoms with Gasteiger partial charge in [0.15, 0.2) is 0 Å². The molecule has 2 nitrogen and oxygen atoms in total. The molecule has 20 heavy (non-hydrogen) atoms. The van der Waals surface area contributed by atoms with Crippen LogP contribution in [0.2, 0.25) is 5.02 Å². The fourth-order valence-electron chi connectivity index (χ4n) is 1.77. The van der Waals surface area contributed by atoms with Gasteiger partial charge in [-0.05, 0) is 42.8 Å². The normalized spacial score (nSPS) is 12.2. The number of rotatable bonds is 4. The summed E-state index contributed by atoms with van der Waals surface area (Å²) in [6.07, 6.45) is -0.859. The molecular weight excluding hydrogens is 286 g/mol. The molecule has 0 aliphatic heterocycles. The number of hydrogen-bond donors (Lipinski definition) is 1. The van der Waals surface area contributed by atoms with E-state index in [9.17, 15) is 13.9 Å². The molecule has 0 bridgehead atoms. The molecule has 0 amide bonds. The Bertz CT molecular complexity index is 615. The molecule has 1 N–H and O–H groups in total. The molecule has 0 aromatic heterocycles. The van der Waals surface area contributed by atoms with Crippen LogP contribution < -0.4 is 4.74 Å². The monoisotopic (exact) mass is 298 g/mol. The summed E-state index contributed by atoms with van der Waals surface area (Å²) >= 11 is 5.59. The molecule has 1 atom stereocenters. The summed E-state index contributed by atoms with van der Waals surface area (Å²) in [7, 11) is 0. The molecule has 2 rings (SSSR count). The molecule has 0 aliphatic carbocycles. The summed E-state index contributed by atoms with van der Waals surface area (Å²) in [5.74, 6) is -0.620. The van der Waals surface area contributed by atoms with Gasteiger partial charge in [-0.25, -0.2) is 8.78 Å². The second-order valence-electron chi connectivity index (χ2n) is 4.40. The molecule has 0 spiro atoms. The Morgan fingerprint density at radius 2 is 1.95 bits per heavy atom. The Hall–Kier alpha value is -1.65. The van der Waals surface area contributed by atoms with E-state index in [1.165, 1.54) is 37.3 Å². The third kappa shape index (κ3) is 3.46. The zero-order valence-corrected chi connectivity index (χ0v) is 11.5. The van der Waals surface area contributed by atoms with Crippen LogP contribution in [0, 0.1) is 11.6 Å². The van der Waals surface area contributed by atoms with Gasteiger partial charge in [0.1, 0.15) is 24.0 Å². The Morgan fingerprint density at radius 1 is 1.20 bits per heavy atom. The maximum absolute atomic E-state index is 13.3. The molecule has 0 saturated heterocycles. The van der Waals surface area contributed by atoms with Crippen molar-refractivity contribution in [3.63, 3.8) is 0 Å². The van der Waals surface area contributed by atoms with E-state index in [1.54, 1.807) is 6.07 Å². The lowest BCUT2D eigenvalue weighted by Crippen LogP contribution is -2.02. The van der Waals surface area contributed by atoms with E-state index >= 15 is 0 Å². The van der Waals surface area contributed by atoms with Gasteiger partial charge in [0.2, 0.25) is 0 Å². The quantitative estimate of drug-likeness (QED) is 0.914. The first-order valence-corrected chi connectivity index (χ1v) is 6.39. The summed E-state index contributed by atoms with van der Waals surface area (Å²) in [6, 6.07) is 8.23. The second kappa shape index (κ2) is 6.20. The average molecular weight is 299 g/mol. The largest absolute Gasteiger partial charge is 0.489 e. The third-order valence-corrected chi connectivity index (χ3v) is 3.11. The van der Waals surface area contributed by atoms with Gasteiger partial charge >= 0.3 is 0 Å². The van der Waals surface area contributed by atoms with Crippen molar-refractivity contribution < 1.29 is 18.6 Å². The molecule has 0 unspecified atom stereocenters. The highest BCUT2D eigenvalue weighted by Gasteiger charge is 2.11. The molecule has 0 saturated carbocycles. The van der Waals surface area contributed by atoms with Crippen LogP contribution in [0.1, 0.15) is 24.2 Å². The van der Waals surface area contributed by atoms with E-state index in [2.05, 4.69) is 0 Å². The number of ether oxygens (including phenoxy) is 1. The van der Waals surface area contributed by atoms with Crippen molar-refractivity contribution >= 4 is 11.6 Å². The van der Waals surface area contributed by atoms with E-state index in [0.717, 1.165) is 0 Å². The highest BCUT2D eigenvalue weighted by molar-refractivity contribution is 6.30. The first-order valence-electron chi connectivity index (χ1n) is 6.01. The Balaban J connectivity index is 2.16. The zero-order chi connectivity index (χ0) is 14.7. The third-order valence-electron chi connectivity index (χ3n) is 2.80. The summed E-state index contributed by atoms with van der Waals surface area (Å²) in [5, 5.41) is 9.62. The fraction of sp³-hybridized carbons (Fsp3) is 0.200. The van der Waals surface area contributed by atoms with Crippen molar-refractivity contribution in [2.24, 2.45) is 0 Å². The van der Waals surface area contributed by atoms with E-state index < -0.39 is 17.7 Å². The Morgan fingerprint density at radius 3 is 2.60 bits per heavy atom. The molecule has 0 heterocycles. The Labute approximate surface area is 120 Å². The van der Waals surface area contributed by atoms with Crippen molar-refractivity contribution in [3.05, 3.63) is 64.2 Å². The summed E-state index contributed by atoms with van der Waals surface area (Å²) < 4.78 is 31.9. The smallest absolute Gasteiger partial charge is 0.142 e. The minimum atomic E-state index is -0.859. The molecule has 2 aromatic rings. The van der Waals surface area contributed by atoms with E-state index in [1.807, 2.05) is 0 Å². The van der Waals surface area contributed by atoms with Crippen LogP contribution in [0.3, 0.4) is 0 Å². The van der Waals surface area contributed by atoms with E-state index in [4.69, 9.17) is 16.3 Å². The second-order valence-corrected chi connectivity index (χ2v) is 4.80. The highest BCUT2D eigenvalue weighted by atomic mass is 35.5. The number of aliphatic hydroxyl groups is 1. The van der Waals surface area contributed by atoms with Crippen LogP contribution >= 0.6 is 11.6 Å². The fourth-order valence-corrected chi connectivity index (χ4v) is 1.89. The van der Waals surface area contributed by atoms with Crippen molar-refractivity contribution in [3.8, 4) is 5.75 Å².